The molecule has 0 spiro atoms. The van der Waals surface area contributed by atoms with Gasteiger partial charge in [0, 0.05) is 40.9 Å². The average Bonchev–Trinajstić information content (AvgIpc) is 3.01. The Labute approximate surface area is 127 Å². The highest BCUT2D eigenvalue weighted by atomic mass is 35.5. The van der Waals surface area contributed by atoms with Crippen molar-refractivity contribution in [1.82, 2.24) is 4.57 Å². The van der Waals surface area contributed by atoms with Crippen LogP contribution >= 0.6 is 11.6 Å². The fourth-order valence-electron chi connectivity index (χ4n) is 2.15. The lowest BCUT2D eigenvalue weighted by atomic mass is 10.2. The Hall–Kier alpha value is -2.26. The zero-order valence-electron chi connectivity index (χ0n) is 11.3. The van der Waals surface area contributed by atoms with Crippen LogP contribution in [0.4, 0.5) is 10.1 Å². The summed E-state index contributed by atoms with van der Waals surface area (Å²) in [6.45, 7) is 0.415. The van der Waals surface area contributed by atoms with E-state index in [1.165, 1.54) is 6.07 Å². The van der Waals surface area contributed by atoms with E-state index < -0.39 is 0 Å². The first-order chi connectivity index (χ1) is 10.2. The standard InChI is InChI=1S/C17H14ClFN2/c18-14-7-6-13(17(19)10-14)12-20-15-4-3-5-16(11-15)21-8-1-2-9-21/h1-11,20H,12H2. The van der Waals surface area contributed by atoms with Crippen LogP contribution < -0.4 is 5.32 Å². The number of hydrogen-bond donors (Lipinski definition) is 1. The van der Waals surface area contributed by atoms with Gasteiger partial charge in [0.05, 0.1) is 0 Å². The molecule has 0 atom stereocenters. The van der Waals surface area contributed by atoms with Gasteiger partial charge < -0.3 is 9.88 Å². The smallest absolute Gasteiger partial charge is 0.129 e. The van der Waals surface area contributed by atoms with Gasteiger partial charge in [-0.25, -0.2) is 4.39 Å². The summed E-state index contributed by atoms with van der Waals surface area (Å²) in [5.41, 5.74) is 2.59. The van der Waals surface area contributed by atoms with Gasteiger partial charge in [-0.1, -0.05) is 23.7 Å². The van der Waals surface area contributed by atoms with E-state index in [1.807, 2.05) is 53.4 Å². The molecular formula is C17H14ClFN2. The zero-order valence-corrected chi connectivity index (χ0v) is 12.0. The number of benzene rings is 2. The minimum atomic E-state index is -0.295. The summed E-state index contributed by atoms with van der Waals surface area (Å²) in [5.74, 6) is -0.295. The van der Waals surface area contributed by atoms with Crippen LogP contribution in [0.5, 0.6) is 0 Å². The third-order valence-corrected chi connectivity index (χ3v) is 3.48. The molecule has 0 radical (unpaired) electrons. The summed E-state index contributed by atoms with van der Waals surface area (Å²) in [4.78, 5) is 0. The van der Waals surface area contributed by atoms with Gasteiger partial charge in [0.1, 0.15) is 5.82 Å². The molecule has 0 aliphatic rings. The van der Waals surface area contributed by atoms with Crippen LogP contribution in [0.3, 0.4) is 0 Å². The molecule has 2 aromatic carbocycles. The predicted octanol–water partition coefficient (Wildman–Crippen LogP) is 4.88. The normalized spacial score (nSPS) is 10.6. The summed E-state index contributed by atoms with van der Waals surface area (Å²) in [7, 11) is 0. The summed E-state index contributed by atoms with van der Waals surface area (Å²) in [6, 6.07) is 16.6. The van der Waals surface area contributed by atoms with Crippen molar-refractivity contribution in [3.8, 4) is 5.69 Å². The molecule has 2 nitrogen and oxygen atoms in total. The molecular weight excluding hydrogens is 287 g/mol. The van der Waals surface area contributed by atoms with Crippen molar-refractivity contribution in [2.24, 2.45) is 0 Å². The first-order valence-corrected chi connectivity index (χ1v) is 7.01. The number of halogens is 2. The zero-order chi connectivity index (χ0) is 14.7. The Balaban J connectivity index is 1.75. The molecule has 1 N–H and O–H groups in total. The third kappa shape index (κ3) is 3.26. The predicted molar refractivity (Wildman–Crippen MR) is 84.5 cm³/mol. The van der Waals surface area contributed by atoms with Crippen LogP contribution in [0.2, 0.25) is 5.02 Å². The van der Waals surface area contributed by atoms with E-state index in [9.17, 15) is 4.39 Å². The molecule has 3 aromatic rings. The van der Waals surface area contributed by atoms with E-state index in [0.29, 0.717) is 17.1 Å². The lowest BCUT2D eigenvalue weighted by Crippen LogP contribution is -2.02. The monoisotopic (exact) mass is 300 g/mol. The van der Waals surface area contributed by atoms with Crippen molar-refractivity contribution < 1.29 is 4.39 Å². The molecule has 0 saturated carbocycles. The van der Waals surface area contributed by atoms with Crippen LogP contribution in [-0.4, -0.2) is 4.57 Å². The number of nitrogens with zero attached hydrogens (tertiary/aromatic N) is 1. The number of aromatic nitrogens is 1. The molecule has 1 aromatic heterocycles. The van der Waals surface area contributed by atoms with Crippen LogP contribution in [0, 0.1) is 5.82 Å². The van der Waals surface area contributed by atoms with E-state index in [0.717, 1.165) is 11.4 Å². The van der Waals surface area contributed by atoms with E-state index >= 15 is 0 Å². The lowest BCUT2D eigenvalue weighted by molar-refractivity contribution is 0.613. The van der Waals surface area contributed by atoms with Crippen molar-refractivity contribution in [3.05, 3.63) is 83.4 Å². The number of nitrogens with one attached hydrogen (secondary N) is 1. The fraction of sp³-hybridized carbons (Fsp3) is 0.0588. The first kappa shape index (κ1) is 13.7. The second-order valence-corrected chi connectivity index (χ2v) is 5.17. The topological polar surface area (TPSA) is 17.0 Å². The van der Waals surface area contributed by atoms with Crippen LogP contribution in [0.1, 0.15) is 5.56 Å². The lowest BCUT2D eigenvalue weighted by Gasteiger charge is -2.10. The molecule has 3 rings (SSSR count). The van der Waals surface area contributed by atoms with Crippen LogP contribution in [-0.2, 0) is 6.54 Å². The maximum atomic E-state index is 13.7. The van der Waals surface area contributed by atoms with E-state index in [1.54, 1.807) is 12.1 Å². The highest BCUT2D eigenvalue weighted by molar-refractivity contribution is 6.30. The average molecular weight is 301 g/mol. The summed E-state index contributed by atoms with van der Waals surface area (Å²) in [5, 5.41) is 3.64. The molecule has 4 heteroatoms. The van der Waals surface area contributed by atoms with Crippen molar-refractivity contribution in [2.45, 2.75) is 6.54 Å². The van der Waals surface area contributed by atoms with Crippen molar-refractivity contribution >= 4 is 17.3 Å². The Bertz CT molecular complexity index is 738. The van der Waals surface area contributed by atoms with Gasteiger partial charge in [0.2, 0.25) is 0 Å². The van der Waals surface area contributed by atoms with Gasteiger partial charge in [0.25, 0.3) is 0 Å². The highest BCUT2D eigenvalue weighted by Gasteiger charge is 2.03. The fourth-order valence-corrected chi connectivity index (χ4v) is 2.30. The highest BCUT2D eigenvalue weighted by Crippen LogP contribution is 2.18. The van der Waals surface area contributed by atoms with Gasteiger partial charge in [-0.15, -0.1) is 0 Å². The maximum Gasteiger partial charge on any atom is 0.129 e. The summed E-state index contributed by atoms with van der Waals surface area (Å²) in [6.07, 6.45) is 3.97. The van der Waals surface area contributed by atoms with Crippen molar-refractivity contribution in [1.29, 1.82) is 0 Å². The number of rotatable bonds is 4. The van der Waals surface area contributed by atoms with Gasteiger partial charge in [-0.05, 0) is 42.5 Å². The summed E-state index contributed by atoms with van der Waals surface area (Å²) < 4.78 is 15.7. The molecule has 0 bridgehead atoms. The van der Waals surface area contributed by atoms with Gasteiger partial charge in [0.15, 0.2) is 0 Å². The second-order valence-electron chi connectivity index (χ2n) is 4.73. The minimum Gasteiger partial charge on any atom is -0.381 e. The van der Waals surface area contributed by atoms with Gasteiger partial charge in [-0.3, -0.25) is 0 Å². The largest absolute Gasteiger partial charge is 0.381 e. The summed E-state index contributed by atoms with van der Waals surface area (Å²) >= 11 is 5.75. The Morgan fingerprint density at radius 2 is 1.81 bits per heavy atom. The molecule has 21 heavy (non-hydrogen) atoms. The van der Waals surface area contributed by atoms with E-state index in [2.05, 4.69) is 5.32 Å². The van der Waals surface area contributed by atoms with Crippen LogP contribution in [0.15, 0.2) is 67.0 Å². The minimum absolute atomic E-state index is 0.295. The molecule has 0 fully saturated rings. The molecule has 1 heterocycles. The third-order valence-electron chi connectivity index (χ3n) is 3.25. The molecule has 0 unspecified atom stereocenters. The molecule has 0 saturated heterocycles. The van der Waals surface area contributed by atoms with E-state index in [4.69, 9.17) is 11.6 Å². The maximum absolute atomic E-state index is 13.7. The Morgan fingerprint density at radius 1 is 1.00 bits per heavy atom. The molecule has 106 valence electrons. The molecule has 0 aliphatic carbocycles. The van der Waals surface area contributed by atoms with Gasteiger partial charge >= 0.3 is 0 Å². The van der Waals surface area contributed by atoms with Gasteiger partial charge in [-0.2, -0.15) is 0 Å². The quantitative estimate of drug-likeness (QED) is 0.726. The van der Waals surface area contributed by atoms with E-state index in [-0.39, 0.29) is 5.82 Å². The number of hydrogen-bond acceptors (Lipinski definition) is 1. The molecule has 0 amide bonds. The SMILES string of the molecule is Fc1cc(Cl)ccc1CNc1cccc(-n2cccc2)c1. The molecule has 0 aliphatic heterocycles. The Morgan fingerprint density at radius 3 is 2.57 bits per heavy atom. The van der Waals surface area contributed by atoms with Crippen molar-refractivity contribution in [2.75, 3.05) is 5.32 Å². The second kappa shape index (κ2) is 6.02. The first-order valence-electron chi connectivity index (χ1n) is 6.63. The Kier molecular flexibility index (Phi) is 3.93. The van der Waals surface area contributed by atoms with Crippen molar-refractivity contribution in [3.63, 3.8) is 0 Å². The van der Waals surface area contributed by atoms with Crippen LogP contribution in [0.25, 0.3) is 5.69 Å². The number of anilines is 1.